The fourth-order valence-corrected chi connectivity index (χ4v) is 4.39. The normalized spacial score (nSPS) is 18.2. The Morgan fingerprint density at radius 1 is 1.21 bits per heavy atom. The topological polar surface area (TPSA) is 70.9 Å². The average molecular weight is 422 g/mol. The number of nitrogens with zero attached hydrogens (tertiary/aromatic N) is 1. The van der Waals surface area contributed by atoms with E-state index in [1.54, 1.807) is 0 Å². The molecule has 2 rings (SSSR count). The summed E-state index contributed by atoms with van der Waals surface area (Å²) in [6.45, 7) is 7.33. The summed E-state index contributed by atoms with van der Waals surface area (Å²) in [6, 6.07) is 3.82. The number of amides is 1. The zero-order chi connectivity index (χ0) is 21.1. The summed E-state index contributed by atoms with van der Waals surface area (Å²) in [5.41, 5.74) is -0.992. The van der Waals surface area contributed by atoms with Gasteiger partial charge in [-0.1, -0.05) is 19.9 Å². The van der Waals surface area contributed by atoms with Gasteiger partial charge in [-0.15, -0.1) is 0 Å². The lowest BCUT2D eigenvalue weighted by molar-refractivity contribution is -0.895. The largest absolute Gasteiger partial charge is 0.416 e. The van der Waals surface area contributed by atoms with Crippen molar-refractivity contribution in [1.29, 1.82) is 0 Å². The molecule has 1 fully saturated rings. The maximum Gasteiger partial charge on any atom is 0.416 e. The molecule has 1 saturated heterocycles. The second-order valence-corrected chi connectivity index (χ2v) is 9.39. The maximum atomic E-state index is 12.9. The molecular formula is C18H27F3N3O3S+. The first-order chi connectivity index (χ1) is 12.9. The van der Waals surface area contributed by atoms with Crippen LogP contribution in [0.2, 0.25) is 0 Å². The van der Waals surface area contributed by atoms with Gasteiger partial charge in [-0.3, -0.25) is 4.79 Å². The Hall–Kier alpha value is -1.65. The van der Waals surface area contributed by atoms with Crippen LogP contribution in [0, 0.1) is 5.92 Å². The molecule has 0 aliphatic carbocycles. The van der Waals surface area contributed by atoms with Crippen LogP contribution in [0.25, 0.3) is 0 Å². The van der Waals surface area contributed by atoms with Crippen LogP contribution in [-0.2, 0) is 21.0 Å². The van der Waals surface area contributed by atoms with Gasteiger partial charge in [-0.25, -0.2) is 8.42 Å². The Labute approximate surface area is 163 Å². The van der Waals surface area contributed by atoms with Gasteiger partial charge in [0.15, 0.2) is 6.54 Å². The van der Waals surface area contributed by atoms with E-state index in [4.69, 9.17) is 0 Å². The van der Waals surface area contributed by atoms with Gasteiger partial charge in [0.1, 0.15) is 0 Å². The van der Waals surface area contributed by atoms with E-state index in [9.17, 15) is 26.4 Å². The number of nitrogens with one attached hydrogen (secondary N) is 2. The summed E-state index contributed by atoms with van der Waals surface area (Å²) >= 11 is 0. The zero-order valence-electron chi connectivity index (χ0n) is 16.2. The third-order valence-corrected chi connectivity index (χ3v) is 6.92. The Kier molecular flexibility index (Phi) is 7.11. The molecule has 10 heteroatoms. The molecule has 0 saturated carbocycles. The van der Waals surface area contributed by atoms with E-state index >= 15 is 0 Å². The number of quaternary nitrogens is 1. The van der Waals surface area contributed by atoms with Gasteiger partial charge < -0.3 is 10.2 Å². The minimum Gasteiger partial charge on any atom is -0.348 e. The smallest absolute Gasteiger partial charge is 0.348 e. The minimum atomic E-state index is -4.60. The molecule has 1 atom stereocenters. The molecule has 0 unspecified atom stereocenters. The van der Waals surface area contributed by atoms with E-state index in [2.05, 4.69) is 5.32 Å². The van der Waals surface area contributed by atoms with Crippen molar-refractivity contribution in [2.24, 2.45) is 5.92 Å². The summed E-state index contributed by atoms with van der Waals surface area (Å²) in [5.74, 6) is 0.221. The Balaban J connectivity index is 1.98. The van der Waals surface area contributed by atoms with Crippen LogP contribution in [0.4, 0.5) is 13.2 Å². The molecule has 1 amide bonds. The third-order valence-electron chi connectivity index (χ3n) is 5.03. The highest BCUT2D eigenvalue weighted by molar-refractivity contribution is 7.89. The molecule has 28 heavy (non-hydrogen) atoms. The van der Waals surface area contributed by atoms with Gasteiger partial charge in [0.05, 0.1) is 36.6 Å². The minimum absolute atomic E-state index is 0.0504. The second-order valence-electron chi connectivity index (χ2n) is 7.46. The quantitative estimate of drug-likeness (QED) is 0.711. The van der Waals surface area contributed by atoms with Gasteiger partial charge >= 0.3 is 6.18 Å². The summed E-state index contributed by atoms with van der Waals surface area (Å²) in [4.78, 5) is 12.7. The number of halogens is 3. The molecule has 2 N–H and O–H groups in total. The number of benzene rings is 1. The van der Waals surface area contributed by atoms with E-state index in [1.807, 2.05) is 20.8 Å². The highest BCUT2D eigenvalue weighted by Crippen LogP contribution is 2.31. The van der Waals surface area contributed by atoms with Crippen LogP contribution in [0.15, 0.2) is 29.2 Å². The van der Waals surface area contributed by atoms with Crippen molar-refractivity contribution in [3.8, 4) is 0 Å². The number of alkyl halides is 3. The Morgan fingerprint density at radius 3 is 2.36 bits per heavy atom. The number of sulfonamides is 1. The van der Waals surface area contributed by atoms with Crippen LogP contribution in [0.5, 0.6) is 0 Å². The zero-order valence-corrected chi connectivity index (χ0v) is 17.0. The van der Waals surface area contributed by atoms with E-state index in [0.29, 0.717) is 25.1 Å². The lowest BCUT2D eigenvalue weighted by atomic mass is 10.1. The first-order valence-corrected chi connectivity index (χ1v) is 10.7. The highest BCUT2D eigenvalue weighted by Gasteiger charge is 2.35. The fourth-order valence-electron chi connectivity index (χ4n) is 2.90. The first-order valence-electron chi connectivity index (χ1n) is 9.21. The van der Waals surface area contributed by atoms with Crippen molar-refractivity contribution < 1.29 is 31.3 Å². The molecule has 1 aliphatic rings. The van der Waals surface area contributed by atoms with Crippen LogP contribution >= 0.6 is 0 Å². The van der Waals surface area contributed by atoms with Gasteiger partial charge in [0.2, 0.25) is 10.0 Å². The van der Waals surface area contributed by atoms with Gasteiger partial charge in [0, 0.05) is 6.04 Å². The number of carbonyl (C=O) groups is 1. The molecule has 0 aromatic heterocycles. The summed E-state index contributed by atoms with van der Waals surface area (Å²) in [5, 5.41) is 2.92. The lowest BCUT2D eigenvalue weighted by Gasteiger charge is -2.31. The third kappa shape index (κ3) is 5.68. The van der Waals surface area contributed by atoms with E-state index < -0.39 is 21.8 Å². The highest BCUT2D eigenvalue weighted by atomic mass is 32.2. The predicted octanol–water partition coefficient (Wildman–Crippen LogP) is 0.755. The van der Waals surface area contributed by atoms with Gasteiger partial charge in [-0.05, 0) is 31.0 Å². The lowest BCUT2D eigenvalue weighted by Crippen LogP contribution is -3.15. The van der Waals surface area contributed by atoms with Crippen molar-refractivity contribution in [2.45, 2.75) is 37.9 Å². The standard InChI is InChI=1S/C18H26F3N3O3S/c1-13(2)14(3)22-17(25)12-23-7-9-24(10-8-23)28(26,27)16-6-4-5-15(11-16)18(19,20)21/h4-6,11,13-14H,7-10,12H2,1-3H3,(H,22,25)/p+1/t14-/m0/s1. The molecular weight excluding hydrogens is 395 g/mol. The SMILES string of the molecule is CC(C)[C@H](C)NC(=O)C[NH+]1CCN(S(=O)(=O)c2cccc(C(F)(F)F)c2)CC1. The van der Waals surface area contributed by atoms with Crippen molar-refractivity contribution in [3.63, 3.8) is 0 Å². The number of hydrogen-bond donors (Lipinski definition) is 2. The maximum absolute atomic E-state index is 12.9. The number of rotatable bonds is 6. The van der Waals surface area contributed by atoms with Crippen molar-refractivity contribution in [1.82, 2.24) is 9.62 Å². The van der Waals surface area contributed by atoms with Crippen molar-refractivity contribution in [3.05, 3.63) is 29.8 Å². The van der Waals surface area contributed by atoms with Gasteiger partial charge in [0.25, 0.3) is 5.91 Å². The van der Waals surface area contributed by atoms with E-state index in [0.717, 1.165) is 17.0 Å². The van der Waals surface area contributed by atoms with Crippen LogP contribution < -0.4 is 10.2 Å². The first kappa shape index (κ1) is 22.6. The predicted molar refractivity (Wildman–Crippen MR) is 98.2 cm³/mol. The fraction of sp³-hybridized carbons (Fsp3) is 0.611. The van der Waals surface area contributed by atoms with Crippen LogP contribution in [-0.4, -0.2) is 57.4 Å². The molecule has 158 valence electrons. The Bertz CT molecular complexity index is 789. The van der Waals surface area contributed by atoms with E-state index in [1.165, 1.54) is 10.4 Å². The van der Waals surface area contributed by atoms with Crippen LogP contribution in [0.1, 0.15) is 26.3 Å². The Morgan fingerprint density at radius 2 is 1.82 bits per heavy atom. The van der Waals surface area contributed by atoms with Crippen molar-refractivity contribution >= 4 is 15.9 Å². The molecule has 0 radical (unpaired) electrons. The number of piperazine rings is 1. The number of carbonyl (C=O) groups excluding carboxylic acids is 1. The second kappa shape index (κ2) is 8.79. The molecule has 0 bridgehead atoms. The molecule has 1 aromatic rings. The average Bonchev–Trinajstić information content (AvgIpc) is 2.61. The van der Waals surface area contributed by atoms with Crippen molar-refractivity contribution in [2.75, 3.05) is 32.7 Å². The molecule has 6 nitrogen and oxygen atoms in total. The van der Waals surface area contributed by atoms with Gasteiger partial charge in [-0.2, -0.15) is 17.5 Å². The monoisotopic (exact) mass is 422 g/mol. The molecule has 1 heterocycles. The summed E-state index contributed by atoms with van der Waals surface area (Å²) in [7, 11) is -4.01. The van der Waals surface area contributed by atoms with Crippen LogP contribution in [0.3, 0.4) is 0 Å². The molecule has 1 aromatic carbocycles. The summed E-state index contributed by atoms with van der Waals surface area (Å²) in [6.07, 6.45) is -4.60. The number of hydrogen-bond acceptors (Lipinski definition) is 3. The summed E-state index contributed by atoms with van der Waals surface area (Å²) < 4.78 is 65.1. The molecule has 1 aliphatic heterocycles. The van der Waals surface area contributed by atoms with E-state index in [-0.39, 0.29) is 36.5 Å². The molecule has 0 spiro atoms.